The second-order valence-electron chi connectivity index (χ2n) is 4.93. The summed E-state index contributed by atoms with van der Waals surface area (Å²) in [5, 5.41) is 8.94. The maximum atomic E-state index is 12.7. The molecule has 0 aliphatic carbocycles. The first-order valence-electron chi connectivity index (χ1n) is 6.77. The average molecular weight is 329 g/mol. The predicted molar refractivity (Wildman–Crippen MR) is 84.5 cm³/mol. The number of benzene rings is 1. The van der Waals surface area contributed by atoms with Gasteiger partial charge in [-0.15, -0.1) is 0 Å². The van der Waals surface area contributed by atoms with Gasteiger partial charge in [0.05, 0.1) is 0 Å². The van der Waals surface area contributed by atoms with E-state index in [1.165, 1.54) is 11.0 Å². The molecule has 1 heterocycles. The van der Waals surface area contributed by atoms with Crippen molar-refractivity contribution >= 4 is 27.5 Å². The highest BCUT2D eigenvalue weighted by atomic mass is 32.2. The van der Waals surface area contributed by atoms with E-state index in [0.29, 0.717) is 23.4 Å². The predicted octanol–water partition coefficient (Wildman–Crippen LogP) is 1.65. The van der Waals surface area contributed by atoms with E-state index in [-0.39, 0.29) is 17.4 Å². The lowest BCUT2D eigenvalue weighted by Gasteiger charge is -2.35. The molecule has 1 atom stereocenters. The minimum atomic E-state index is -3.32. The minimum Gasteiger partial charge on any atom is -0.508 e. The first-order chi connectivity index (χ1) is 9.88. The Balaban J connectivity index is 2.38. The number of phenolic OH excluding ortho intramolecular Hbond substituents is 1. The summed E-state index contributed by atoms with van der Waals surface area (Å²) < 4.78 is 24.4. The number of hydrogen-bond donors (Lipinski definition) is 1. The van der Waals surface area contributed by atoms with Crippen molar-refractivity contribution in [2.45, 2.75) is 19.2 Å². The van der Waals surface area contributed by atoms with Crippen LogP contribution < -0.4 is 0 Å². The normalized spacial score (nSPS) is 19.5. The lowest BCUT2D eigenvalue weighted by Crippen LogP contribution is -2.50. The van der Waals surface area contributed by atoms with E-state index in [9.17, 15) is 18.3 Å². The van der Waals surface area contributed by atoms with Crippen molar-refractivity contribution in [1.82, 2.24) is 4.90 Å². The highest BCUT2D eigenvalue weighted by molar-refractivity contribution is 8.01. The Labute approximate surface area is 129 Å². The topological polar surface area (TPSA) is 74.7 Å². The summed E-state index contributed by atoms with van der Waals surface area (Å²) in [5.41, 5.74) is 0.839. The Morgan fingerprint density at radius 1 is 1.48 bits per heavy atom. The molecular formula is C14H19NO4S2. The third-order valence-corrected chi connectivity index (χ3v) is 6.99. The number of carbonyl (C=O) groups excluding carboxylic acids is 1. The van der Waals surface area contributed by atoms with Gasteiger partial charge in [0.1, 0.15) is 11.1 Å². The molecule has 1 saturated heterocycles. The Kier molecular flexibility index (Phi) is 4.83. The fourth-order valence-electron chi connectivity index (χ4n) is 2.31. The Morgan fingerprint density at radius 2 is 2.19 bits per heavy atom. The van der Waals surface area contributed by atoms with Gasteiger partial charge in [0.2, 0.25) is 0 Å². The largest absolute Gasteiger partial charge is 0.508 e. The van der Waals surface area contributed by atoms with Crippen LogP contribution in [-0.2, 0) is 9.84 Å². The molecule has 21 heavy (non-hydrogen) atoms. The van der Waals surface area contributed by atoms with Crippen LogP contribution in [0.1, 0.15) is 22.8 Å². The number of rotatable bonds is 3. The van der Waals surface area contributed by atoms with Crippen LogP contribution in [0.2, 0.25) is 0 Å². The number of sulfone groups is 1. The monoisotopic (exact) mass is 329 g/mol. The standard InChI is InChI=1S/C14H19NO4S2/c1-3-21(18,19)13-9-20-8-7-15(13)14(17)11-5-4-6-12(16)10(11)2/h4-6,13,16H,3,7-9H2,1-2H3. The van der Waals surface area contributed by atoms with Crippen LogP contribution in [0.15, 0.2) is 18.2 Å². The highest BCUT2D eigenvalue weighted by Crippen LogP contribution is 2.26. The molecule has 5 nitrogen and oxygen atoms in total. The fourth-order valence-corrected chi connectivity index (χ4v) is 5.28. The molecule has 1 amide bonds. The van der Waals surface area contributed by atoms with Crippen molar-refractivity contribution in [3.8, 4) is 5.75 Å². The molecule has 1 aromatic rings. The molecule has 1 fully saturated rings. The summed E-state index contributed by atoms with van der Waals surface area (Å²) in [6.07, 6.45) is 0. The van der Waals surface area contributed by atoms with E-state index in [1.54, 1.807) is 37.7 Å². The number of thioether (sulfide) groups is 1. The third-order valence-electron chi connectivity index (χ3n) is 3.70. The molecule has 1 aromatic carbocycles. The van der Waals surface area contributed by atoms with Crippen molar-refractivity contribution in [1.29, 1.82) is 0 Å². The molecule has 116 valence electrons. The second-order valence-corrected chi connectivity index (χ2v) is 8.53. The van der Waals surface area contributed by atoms with Gasteiger partial charge in [-0.2, -0.15) is 11.8 Å². The lowest BCUT2D eigenvalue weighted by molar-refractivity contribution is 0.0748. The first-order valence-corrected chi connectivity index (χ1v) is 9.64. The van der Waals surface area contributed by atoms with Crippen LogP contribution in [0.25, 0.3) is 0 Å². The van der Waals surface area contributed by atoms with E-state index < -0.39 is 15.2 Å². The van der Waals surface area contributed by atoms with Crippen LogP contribution >= 0.6 is 11.8 Å². The molecule has 0 spiro atoms. The molecule has 0 saturated carbocycles. The lowest BCUT2D eigenvalue weighted by atomic mass is 10.1. The molecule has 0 aromatic heterocycles. The van der Waals surface area contributed by atoms with Crippen molar-refractivity contribution < 1.29 is 18.3 Å². The van der Waals surface area contributed by atoms with Gasteiger partial charge in [0.25, 0.3) is 5.91 Å². The minimum absolute atomic E-state index is 0.0149. The maximum Gasteiger partial charge on any atom is 0.255 e. The zero-order chi connectivity index (χ0) is 15.6. The smallest absolute Gasteiger partial charge is 0.255 e. The molecule has 1 aliphatic rings. The summed E-state index contributed by atoms with van der Waals surface area (Å²) in [6, 6.07) is 4.73. The molecule has 7 heteroatoms. The molecule has 0 radical (unpaired) electrons. The van der Waals surface area contributed by atoms with Gasteiger partial charge in [-0.25, -0.2) is 8.42 Å². The summed E-state index contributed by atoms with van der Waals surface area (Å²) in [4.78, 5) is 14.1. The van der Waals surface area contributed by atoms with E-state index in [4.69, 9.17) is 0 Å². The summed E-state index contributed by atoms with van der Waals surface area (Å²) in [7, 11) is -3.32. The van der Waals surface area contributed by atoms with Gasteiger partial charge in [0, 0.05) is 34.9 Å². The quantitative estimate of drug-likeness (QED) is 0.913. The Hall–Kier alpha value is -1.21. The average Bonchev–Trinajstić information content (AvgIpc) is 2.49. The van der Waals surface area contributed by atoms with Gasteiger partial charge in [-0.1, -0.05) is 13.0 Å². The van der Waals surface area contributed by atoms with E-state index in [1.807, 2.05) is 0 Å². The van der Waals surface area contributed by atoms with Gasteiger partial charge in [0.15, 0.2) is 9.84 Å². The van der Waals surface area contributed by atoms with Gasteiger partial charge in [-0.05, 0) is 19.1 Å². The maximum absolute atomic E-state index is 12.7. The molecule has 2 rings (SSSR count). The number of phenols is 1. The second kappa shape index (κ2) is 6.27. The Morgan fingerprint density at radius 3 is 2.86 bits per heavy atom. The molecule has 1 N–H and O–H groups in total. The Bertz CT molecular complexity index is 642. The highest BCUT2D eigenvalue weighted by Gasteiger charge is 2.36. The van der Waals surface area contributed by atoms with Crippen molar-refractivity contribution in [3.63, 3.8) is 0 Å². The summed E-state index contributed by atoms with van der Waals surface area (Å²) in [5.74, 6) is 0.855. The molecule has 1 unspecified atom stereocenters. The number of hydrogen-bond acceptors (Lipinski definition) is 5. The molecule has 1 aliphatic heterocycles. The zero-order valence-electron chi connectivity index (χ0n) is 12.1. The number of carbonyl (C=O) groups is 1. The van der Waals surface area contributed by atoms with Crippen LogP contribution in [0, 0.1) is 6.92 Å². The van der Waals surface area contributed by atoms with Gasteiger partial charge < -0.3 is 10.0 Å². The van der Waals surface area contributed by atoms with Crippen LogP contribution in [0.3, 0.4) is 0 Å². The van der Waals surface area contributed by atoms with Crippen LogP contribution in [0.5, 0.6) is 5.75 Å². The van der Waals surface area contributed by atoms with Crippen LogP contribution in [0.4, 0.5) is 0 Å². The molecular weight excluding hydrogens is 310 g/mol. The van der Waals surface area contributed by atoms with E-state index in [2.05, 4.69) is 0 Å². The number of nitrogens with zero attached hydrogens (tertiary/aromatic N) is 1. The third kappa shape index (κ3) is 3.18. The number of amides is 1. The fraction of sp³-hybridized carbons (Fsp3) is 0.500. The summed E-state index contributed by atoms with van der Waals surface area (Å²) >= 11 is 1.55. The van der Waals surface area contributed by atoms with Crippen LogP contribution in [-0.4, -0.2) is 53.5 Å². The van der Waals surface area contributed by atoms with Gasteiger partial charge >= 0.3 is 0 Å². The van der Waals surface area contributed by atoms with Gasteiger partial charge in [-0.3, -0.25) is 4.79 Å². The molecule has 0 bridgehead atoms. The summed E-state index contributed by atoms with van der Waals surface area (Å²) in [6.45, 7) is 3.66. The van der Waals surface area contributed by atoms with Crippen molar-refractivity contribution in [2.75, 3.05) is 23.8 Å². The first kappa shape index (κ1) is 16.2. The van der Waals surface area contributed by atoms with E-state index >= 15 is 0 Å². The van der Waals surface area contributed by atoms with Crippen molar-refractivity contribution in [3.05, 3.63) is 29.3 Å². The zero-order valence-corrected chi connectivity index (χ0v) is 13.7. The number of aromatic hydroxyl groups is 1. The van der Waals surface area contributed by atoms with E-state index in [0.717, 1.165) is 5.75 Å². The van der Waals surface area contributed by atoms with Crippen molar-refractivity contribution in [2.24, 2.45) is 0 Å². The SMILES string of the molecule is CCS(=O)(=O)C1CSCCN1C(=O)c1cccc(O)c1C.